The summed E-state index contributed by atoms with van der Waals surface area (Å²) in [4.78, 5) is 43.8. The summed E-state index contributed by atoms with van der Waals surface area (Å²) in [5.74, 6) is -0.430. The number of carbonyl (C=O) groups excluding carboxylic acids is 2. The van der Waals surface area contributed by atoms with Crippen molar-refractivity contribution in [2.24, 2.45) is 0 Å². The van der Waals surface area contributed by atoms with Gasteiger partial charge in [0.25, 0.3) is 5.56 Å². The van der Waals surface area contributed by atoms with Gasteiger partial charge < -0.3 is 5.32 Å². The second-order valence-electron chi connectivity index (χ2n) is 6.60. The van der Waals surface area contributed by atoms with E-state index in [2.05, 4.69) is 17.2 Å². The molecule has 0 saturated carbocycles. The first kappa shape index (κ1) is 20.6. The Bertz CT molecular complexity index is 980. The van der Waals surface area contributed by atoms with Crippen LogP contribution in [0.25, 0.3) is 10.2 Å². The van der Waals surface area contributed by atoms with Crippen molar-refractivity contribution in [2.75, 3.05) is 6.54 Å². The number of nitrogens with one attached hydrogen (secondary N) is 2. The van der Waals surface area contributed by atoms with E-state index in [1.54, 1.807) is 35.8 Å². The van der Waals surface area contributed by atoms with Crippen molar-refractivity contribution >= 4 is 45.3 Å². The van der Waals surface area contributed by atoms with Gasteiger partial charge in [0.15, 0.2) is 5.16 Å². The van der Waals surface area contributed by atoms with E-state index in [1.807, 2.05) is 0 Å². The van der Waals surface area contributed by atoms with Crippen LogP contribution in [-0.4, -0.2) is 33.3 Å². The van der Waals surface area contributed by atoms with Gasteiger partial charge in [0, 0.05) is 18.0 Å². The summed E-state index contributed by atoms with van der Waals surface area (Å²) in [5.41, 5.74) is 1.06. The molecule has 3 amide bonds. The zero-order chi connectivity index (χ0) is 20.3. The number of imide groups is 1. The van der Waals surface area contributed by atoms with Crippen molar-refractivity contribution < 1.29 is 9.59 Å². The molecule has 150 valence electrons. The number of aromatic nitrogens is 2. The van der Waals surface area contributed by atoms with Crippen LogP contribution in [0, 0.1) is 0 Å². The maximum atomic E-state index is 13.2. The van der Waals surface area contributed by atoms with Crippen molar-refractivity contribution in [1.29, 1.82) is 0 Å². The second-order valence-corrected chi connectivity index (χ2v) is 8.99. The van der Waals surface area contributed by atoms with Crippen molar-refractivity contribution in [3.05, 3.63) is 33.4 Å². The van der Waals surface area contributed by atoms with E-state index in [-0.39, 0.29) is 5.56 Å². The fourth-order valence-electron chi connectivity index (χ4n) is 3.23. The minimum absolute atomic E-state index is 0.0804. The molecular formula is C19H24N4O3S2. The number of urea groups is 1. The van der Waals surface area contributed by atoms with Gasteiger partial charge in [-0.2, -0.15) is 0 Å². The molecule has 7 nitrogen and oxygen atoms in total. The number of rotatable bonds is 6. The van der Waals surface area contributed by atoms with Crippen LogP contribution in [0.5, 0.6) is 0 Å². The Morgan fingerprint density at radius 1 is 1.39 bits per heavy atom. The van der Waals surface area contributed by atoms with Gasteiger partial charge in [-0.15, -0.1) is 17.9 Å². The lowest BCUT2D eigenvalue weighted by molar-refractivity contribution is -0.119. The number of thiophene rings is 1. The minimum atomic E-state index is -0.586. The van der Waals surface area contributed by atoms with E-state index >= 15 is 0 Å². The van der Waals surface area contributed by atoms with Gasteiger partial charge in [0.1, 0.15) is 4.83 Å². The van der Waals surface area contributed by atoms with Crippen molar-refractivity contribution in [3.8, 4) is 0 Å². The van der Waals surface area contributed by atoms with Gasteiger partial charge in [-0.1, -0.05) is 17.8 Å². The first-order chi connectivity index (χ1) is 13.5. The molecule has 3 rings (SSSR count). The van der Waals surface area contributed by atoms with Crippen LogP contribution in [0.4, 0.5) is 4.79 Å². The van der Waals surface area contributed by atoms with Crippen LogP contribution in [0.15, 0.2) is 22.6 Å². The number of thioether (sulfide) groups is 1. The average molecular weight is 421 g/mol. The van der Waals surface area contributed by atoms with Gasteiger partial charge in [0.05, 0.1) is 10.6 Å². The zero-order valence-corrected chi connectivity index (χ0v) is 17.7. The highest BCUT2D eigenvalue weighted by Crippen LogP contribution is 2.35. The largest absolute Gasteiger partial charge is 0.338 e. The SMILES string of the molecule is C=CCn1c(S[C@H](C)C(=O)NC(=O)NCC)nc2sc3c(c2c1=O)CCCC3. The summed E-state index contributed by atoms with van der Waals surface area (Å²) in [6, 6.07) is -0.530. The predicted octanol–water partition coefficient (Wildman–Crippen LogP) is 2.85. The standard InChI is InChI=1S/C19H24N4O3S2/c1-4-10-23-17(25)14-12-8-6-7-9-13(12)28-16(14)22-19(23)27-11(3)15(24)21-18(26)20-5-2/h4,11H,1,5-10H2,2-3H3,(H2,20,21,24,26)/t11-/m1/s1. The molecule has 9 heteroatoms. The highest BCUT2D eigenvalue weighted by molar-refractivity contribution is 8.00. The lowest BCUT2D eigenvalue weighted by atomic mass is 9.97. The Morgan fingerprint density at radius 3 is 2.86 bits per heavy atom. The summed E-state index contributed by atoms with van der Waals surface area (Å²) in [5, 5.41) is 5.42. The van der Waals surface area contributed by atoms with Gasteiger partial charge in [0.2, 0.25) is 5.91 Å². The van der Waals surface area contributed by atoms with Crippen LogP contribution in [-0.2, 0) is 24.2 Å². The summed E-state index contributed by atoms with van der Waals surface area (Å²) >= 11 is 2.75. The summed E-state index contributed by atoms with van der Waals surface area (Å²) in [7, 11) is 0. The van der Waals surface area contributed by atoms with Crippen LogP contribution in [0.3, 0.4) is 0 Å². The van der Waals surface area contributed by atoms with E-state index in [0.29, 0.717) is 23.6 Å². The van der Waals surface area contributed by atoms with E-state index in [4.69, 9.17) is 4.98 Å². The van der Waals surface area contributed by atoms with Gasteiger partial charge >= 0.3 is 6.03 Å². The Morgan fingerprint density at radius 2 is 2.14 bits per heavy atom. The Kier molecular flexibility index (Phi) is 6.56. The molecule has 2 aromatic rings. The number of nitrogens with zero attached hydrogens (tertiary/aromatic N) is 2. The maximum Gasteiger partial charge on any atom is 0.321 e. The monoisotopic (exact) mass is 420 g/mol. The molecule has 0 fully saturated rings. The first-order valence-electron chi connectivity index (χ1n) is 9.37. The fraction of sp³-hybridized carbons (Fsp3) is 0.474. The zero-order valence-electron chi connectivity index (χ0n) is 16.0. The molecule has 0 radical (unpaired) electrons. The molecule has 2 aromatic heterocycles. The molecule has 0 aliphatic heterocycles. The molecule has 2 heterocycles. The molecule has 0 unspecified atom stereocenters. The minimum Gasteiger partial charge on any atom is -0.338 e. The second kappa shape index (κ2) is 8.91. The number of amides is 3. The molecule has 1 atom stereocenters. The number of carbonyl (C=O) groups is 2. The van der Waals surface area contributed by atoms with Gasteiger partial charge in [-0.05, 0) is 45.1 Å². The van der Waals surface area contributed by atoms with Crippen LogP contribution < -0.4 is 16.2 Å². The third-order valence-electron chi connectivity index (χ3n) is 4.58. The highest BCUT2D eigenvalue weighted by Gasteiger charge is 2.24. The molecular weight excluding hydrogens is 396 g/mol. The number of fused-ring (bicyclic) bond motifs is 3. The van der Waals surface area contributed by atoms with Gasteiger partial charge in [-0.3, -0.25) is 19.5 Å². The van der Waals surface area contributed by atoms with Crippen molar-refractivity contribution in [2.45, 2.75) is 56.5 Å². The number of hydrogen-bond donors (Lipinski definition) is 2. The number of hydrogen-bond acceptors (Lipinski definition) is 6. The number of allylic oxidation sites excluding steroid dienone is 1. The van der Waals surface area contributed by atoms with Crippen LogP contribution >= 0.6 is 23.1 Å². The van der Waals surface area contributed by atoms with Crippen LogP contribution in [0.1, 0.15) is 37.1 Å². The van der Waals surface area contributed by atoms with Crippen molar-refractivity contribution in [1.82, 2.24) is 20.2 Å². The van der Waals surface area contributed by atoms with Gasteiger partial charge in [-0.25, -0.2) is 9.78 Å². The fourth-order valence-corrected chi connectivity index (χ4v) is 5.45. The summed E-state index contributed by atoms with van der Waals surface area (Å²) < 4.78 is 1.57. The molecule has 0 spiro atoms. The van der Waals surface area contributed by atoms with E-state index in [0.717, 1.165) is 36.1 Å². The molecule has 1 aliphatic carbocycles. The molecule has 0 saturated heterocycles. The summed E-state index contributed by atoms with van der Waals surface area (Å²) in [6.07, 6.45) is 5.78. The van der Waals surface area contributed by atoms with Crippen molar-refractivity contribution in [3.63, 3.8) is 0 Å². The topological polar surface area (TPSA) is 93.1 Å². The number of aryl methyl sites for hydroxylation is 2. The molecule has 28 heavy (non-hydrogen) atoms. The first-order valence-corrected chi connectivity index (χ1v) is 11.1. The van der Waals surface area contributed by atoms with Crippen LogP contribution in [0.2, 0.25) is 0 Å². The van der Waals surface area contributed by atoms with E-state index in [9.17, 15) is 14.4 Å². The molecule has 1 aliphatic rings. The highest BCUT2D eigenvalue weighted by atomic mass is 32.2. The average Bonchev–Trinajstić information content (AvgIpc) is 3.03. The molecule has 0 bridgehead atoms. The third kappa shape index (κ3) is 4.15. The third-order valence-corrected chi connectivity index (χ3v) is 6.85. The predicted molar refractivity (Wildman–Crippen MR) is 113 cm³/mol. The lowest BCUT2D eigenvalue weighted by Gasteiger charge is -2.15. The maximum absolute atomic E-state index is 13.2. The lowest BCUT2D eigenvalue weighted by Crippen LogP contribution is -2.42. The molecule has 0 aromatic carbocycles. The Hall–Kier alpha value is -2.13. The van der Waals surface area contributed by atoms with E-state index < -0.39 is 17.2 Å². The van der Waals surface area contributed by atoms with E-state index in [1.165, 1.54) is 16.6 Å². The normalized spacial score (nSPS) is 14.4. The summed E-state index contributed by atoms with van der Waals surface area (Å²) in [6.45, 7) is 7.95. The Balaban J connectivity index is 1.95. The quantitative estimate of drug-likeness (QED) is 0.426. The Labute approximate surface area is 171 Å². The molecule has 2 N–H and O–H groups in total. The smallest absolute Gasteiger partial charge is 0.321 e.